The van der Waals surface area contributed by atoms with Crippen molar-refractivity contribution in [2.24, 2.45) is 0 Å². The van der Waals surface area contributed by atoms with Gasteiger partial charge in [-0.2, -0.15) is 0 Å². The second-order valence-corrected chi connectivity index (χ2v) is 9.39. The number of morpholine rings is 1. The van der Waals surface area contributed by atoms with E-state index in [-0.39, 0.29) is 29.4 Å². The van der Waals surface area contributed by atoms with Crippen LogP contribution in [0.25, 0.3) is 0 Å². The second-order valence-electron chi connectivity index (χ2n) is 9.39. The van der Waals surface area contributed by atoms with Gasteiger partial charge >= 0.3 is 6.09 Å². The molecule has 0 radical (unpaired) electrons. The molecule has 3 amide bonds. The third-order valence-corrected chi connectivity index (χ3v) is 5.74. The Balaban J connectivity index is 1.40. The summed E-state index contributed by atoms with van der Waals surface area (Å²) in [6.45, 7) is 8.46. The van der Waals surface area contributed by atoms with E-state index in [0.717, 1.165) is 11.3 Å². The second kappa shape index (κ2) is 7.58. The van der Waals surface area contributed by atoms with Crippen LogP contribution in [0.4, 0.5) is 10.5 Å². The zero-order chi connectivity index (χ0) is 21.5. The van der Waals surface area contributed by atoms with Gasteiger partial charge in [0.25, 0.3) is 0 Å². The number of rotatable bonds is 2. The summed E-state index contributed by atoms with van der Waals surface area (Å²) in [5.74, 6) is -0.736. The Hall–Kier alpha value is -2.61. The molecule has 1 spiro atoms. The van der Waals surface area contributed by atoms with Crippen LogP contribution < -0.4 is 10.2 Å². The summed E-state index contributed by atoms with van der Waals surface area (Å²) < 4.78 is 11.6. The summed E-state index contributed by atoms with van der Waals surface area (Å²) in [5, 5.41) is 2.42. The van der Waals surface area contributed by atoms with Gasteiger partial charge in [-0.15, -0.1) is 0 Å². The van der Waals surface area contributed by atoms with E-state index in [2.05, 4.69) is 10.2 Å². The third-order valence-electron chi connectivity index (χ3n) is 5.74. The Morgan fingerprint density at radius 1 is 1.23 bits per heavy atom. The van der Waals surface area contributed by atoms with Crippen LogP contribution in [0.5, 0.6) is 0 Å². The van der Waals surface area contributed by atoms with Crippen LogP contribution in [-0.4, -0.2) is 66.8 Å². The minimum atomic E-state index is -0.523. The van der Waals surface area contributed by atoms with Crippen LogP contribution in [0.2, 0.25) is 0 Å². The van der Waals surface area contributed by atoms with Crippen LogP contribution >= 0.6 is 0 Å². The third kappa shape index (κ3) is 4.28. The Kier molecular flexibility index (Phi) is 5.22. The van der Waals surface area contributed by atoms with Crippen molar-refractivity contribution in [2.45, 2.75) is 50.7 Å². The highest BCUT2D eigenvalue weighted by Crippen LogP contribution is 2.35. The van der Waals surface area contributed by atoms with E-state index >= 15 is 0 Å². The molecule has 8 heteroatoms. The van der Waals surface area contributed by atoms with Crippen molar-refractivity contribution in [3.63, 3.8) is 0 Å². The number of hydrogen-bond acceptors (Lipinski definition) is 6. The van der Waals surface area contributed by atoms with E-state index in [1.54, 1.807) is 4.90 Å². The van der Waals surface area contributed by atoms with Crippen LogP contribution in [0.1, 0.15) is 45.1 Å². The molecule has 4 rings (SSSR count). The molecule has 0 bridgehead atoms. The zero-order valence-electron chi connectivity index (χ0n) is 17.8. The van der Waals surface area contributed by atoms with E-state index in [1.165, 1.54) is 0 Å². The lowest BCUT2D eigenvalue weighted by Crippen LogP contribution is -2.71. The maximum absolute atomic E-state index is 12.4. The van der Waals surface area contributed by atoms with Gasteiger partial charge < -0.3 is 19.3 Å². The average Bonchev–Trinajstić information content (AvgIpc) is 2.65. The van der Waals surface area contributed by atoms with Crippen LogP contribution in [0.3, 0.4) is 0 Å². The van der Waals surface area contributed by atoms with E-state index in [1.807, 2.05) is 45.0 Å². The number of anilines is 1. The van der Waals surface area contributed by atoms with Gasteiger partial charge in [-0.25, -0.2) is 4.79 Å². The number of carbonyl (C=O) groups excluding carboxylic acids is 3. The van der Waals surface area contributed by atoms with Crippen molar-refractivity contribution in [2.75, 3.05) is 37.7 Å². The summed E-state index contributed by atoms with van der Waals surface area (Å²) in [5.41, 5.74) is 1.02. The highest BCUT2D eigenvalue weighted by molar-refractivity contribution is 6.01. The number of hydrogen-bond donors (Lipinski definition) is 1. The monoisotopic (exact) mass is 415 g/mol. The molecule has 1 unspecified atom stereocenters. The number of piperidine rings is 1. The van der Waals surface area contributed by atoms with Gasteiger partial charge in [-0.3, -0.25) is 14.9 Å². The normalized spacial score (nSPS) is 23.8. The summed E-state index contributed by atoms with van der Waals surface area (Å²) >= 11 is 0. The van der Waals surface area contributed by atoms with E-state index in [9.17, 15) is 14.4 Å². The first-order valence-electron chi connectivity index (χ1n) is 10.4. The molecule has 0 aromatic heterocycles. The summed E-state index contributed by atoms with van der Waals surface area (Å²) in [4.78, 5) is 40.0. The summed E-state index contributed by atoms with van der Waals surface area (Å²) in [7, 11) is 0. The molecule has 8 nitrogen and oxygen atoms in total. The van der Waals surface area contributed by atoms with Gasteiger partial charge in [0.2, 0.25) is 11.8 Å². The van der Waals surface area contributed by atoms with E-state index in [4.69, 9.17) is 9.47 Å². The average molecular weight is 415 g/mol. The van der Waals surface area contributed by atoms with Crippen molar-refractivity contribution in [3.05, 3.63) is 29.8 Å². The smallest absolute Gasteiger partial charge is 0.410 e. The molecule has 3 fully saturated rings. The first kappa shape index (κ1) is 20.7. The van der Waals surface area contributed by atoms with Crippen LogP contribution in [0.15, 0.2) is 24.3 Å². The molecular weight excluding hydrogens is 386 g/mol. The maximum Gasteiger partial charge on any atom is 0.410 e. The minimum absolute atomic E-state index is 0.207. The van der Waals surface area contributed by atoms with Gasteiger partial charge in [-0.1, -0.05) is 12.1 Å². The van der Waals surface area contributed by atoms with Crippen molar-refractivity contribution >= 4 is 23.6 Å². The Morgan fingerprint density at radius 2 is 2.00 bits per heavy atom. The van der Waals surface area contributed by atoms with Crippen LogP contribution in [-0.2, 0) is 19.1 Å². The lowest BCUT2D eigenvalue weighted by atomic mass is 9.88. The molecule has 1 N–H and O–H groups in total. The molecule has 3 aliphatic heterocycles. The number of nitrogens with zero attached hydrogens (tertiary/aromatic N) is 2. The number of carbonyl (C=O) groups is 3. The van der Waals surface area contributed by atoms with Gasteiger partial charge in [-0.05, 0) is 44.9 Å². The number of ether oxygens (including phenoxy) is 2. The molecule has 0 saturated carbocycles. The maximum atomic E-state index is 12.4. The fourth-order valence-electron chi connectivity index (χ4n) is 4.30. The van der Waals surface area contributed by atoms with Gasteiger partial charge in [0, 0.05) is 18.7 Å². The lowest BCUT2D eigenvalue weighted by molar-refractivity contribution is -0.134. The number of amides is 3. The molecule has 162 valence electrons. The van der Waals surface area contributed by atoms with E-state index < -0.39 is 5.60 Å². The van der Waals surface area contributed by atoms with Gasteiger partial charge in [0.15, 0.2) is 0 Å². The fourth-order valence-corrected chi connectivity index (χ4v) is 4.30. The fraction of sp³-hybridized carbons (Fsp3) is 0.591. The first-order chi connectivity index (χ1) is 14.1. The molecule has 3 saturated heterocycles. The first-order valence-corrected chi connectivity index (χ1v) is 10.4. The molecular formula is C22H29N3O5. The van der Waals surface area contributed by atoms with Gasteiger partial charge in [0.05, 0.1) is 32.2 Å². The topological polar surface area (TPSA) is 88.2 Å². The highest BCUT2D eigenvalue weighted by Gasteiger charge is 2.49. The molecule has 0 aliphatic carbocycles. The highest BCUT2D eigenvalue weighted by atomic mass is 16.6. The van der Waals surface area contributed by atoms with Crippen molar-refractivity contribution < 1.29 is 23.9 Å². The van der Waals surface area contributed by atoms with Crippen molar-refractivity contribution in [1.29, 1.82) is 0 Å². The number of imide groups is 1. The molecule has 1 atom stereocenters. The summed E-state index contributed by atoms with van der Waals surface area (Å²) in [6, 6.07) is 7.90. The lowest BCUT2D eigenvalue weighted by Gasteiger charge is -2.54. The van der Waals surface area contributed by atoms with E-state index in [0.29, 0.717) is 45.6 Å². The summed E-state index contributed by atoms with van der Waals surface area (Å²) in [6.07, 6.45) is 0.594. The zero-order valence-corrected chi connectivity index (χ0v) is 17.8. The quantitative estimate of drug-likeness (QED) is 0.744. The largest absolute Gasteiger partial charge is 0.444 e. The predicted octanol–water partition coefficient (Wildman–Crippen LogP) is 2.03. The molecule has 3 aliphatic rings. The molecule has 1 aromatic rings. The minimum Gasteiger partial charge on any atom is -0.444 e. The number of benzene rings is 1. The SMILES string of the molecule is CC(C)(C)OC(=O)N1CCOC2(C1)CN(c1cccc(C3CCC(=O)NC3=O)c1)C2. The van der Waals surface area contributed by atoms with Crippen LogP contribution in [0, 0.1) is 0 Å². The molecule has 1 aromatic carbocycles. The van der Waals surface area contributed by atoms with Gasteiger partial charge in [0.1, 0.15) is 11.2 Å². The Morgan fingerprint density at radius 3 is 2.70 bits per heavy atom. The Bertz CT molecular complexity index is 857. The molecule has 30 heavy (non-hydrogen) atoms. The van der Waals surface area contributed by atoms with Crippen molar-refractivity contribution in [1.82, 2.24) is 10.2 Å². The Labute approximate surface area is 176 Å². The number of nitrogens with one attached hydrogen (secondary N) is 1. The molecule has 3 heterocycles. The van der Waals surface area contributed by atoms with Crippen molar-refractivity contribution in [3.8, 4) is 0 Å². The predicted molar refractivity (Wildman–Crippen MR) is 110 cm³/mol. The standard InChI is InChI=1S/C22H29N3O5/c1-21(2,3)30-20(28)24-9-10-29-22(12-24)13-25(14-22)16-6-4-5-15(11-16)17-7-8-18(26)23-19(17)27/h4-6,11,17H,7-10,12-14H2,1-3H3,(H,23,26,27).